The molecule has 4 rings (SSSR count). The Morgan fingerprint density at radius 2 is 1.86 bits per heavy atom. The molecule has 2 aromatic heterocycles. The summed E-state index contributed by atoms with van der Waals surface area (Å²) in [7, 11) is 0. The molecule has 0 atom stereocenters. The SMILES string of the molecule is CCOc1ccccc1/C=c1/sc2nc(=O)c(Cc3ccc(C)cc3)nn2c1=O. The molecule has 4 aromatic rings. The van der Waals surface area contributed by atoms with Crippen LogP contribution in [0.25, 0.3) is 11.0 Å². The highest BCUT2D eigenvalue weighted by atomic mass is 32.1. The van der Waals surface area contributed by atoms with Gasteiger partial charge in [-0.25, -0.2) is 0 Å². The van der Waals surface area contributed by atoms with Gasteiger partial charge in [0, 0.05) is 12.0 Å². The Morgan fingerprint density at radius 3 is 2.62 bits per heavy atom. The lowest BCUT2D eigenvalue weighted by molar-refractivity contribution is 0.339. The van der Waals surface area contributed by atoms with Gasteiger partial charge in [-0.1, -0.05) is 59.4 Å². The minimum atomic E-state index is -0.409. The first-order valence-corrected chi connectivity index (χ1v) is 10.1. The molecule has 0 unspecified atom stereocenters. The van der Waals surface area contributed by atoms with Gasteiger partial charge in [0.2, 0.25) is 4.96 Å². The number of ether oxygens (including phenoxy) is 1. The molecule has 0 radical (unpaired) electrons. The van der Waals surface area contributed by atoms with Crippen LogP contribution in [-0.2, 0) is 6.42 Å². The van der Waals surface area contributed by atoms with Crippen LogP contribution in [0.15, 0.2) is 58.1 Å². The lowest BCUT2D eigenvalue weighted by Gasteiger charge is -2.05. The number of nitrogens with zero attached hydrogens (tertiary/aromatic N) is 3. The Hall–Kier alpha value is -3.32. The van der Waals surface area contributed by atoms with Crippen molar-refractivity contribution in [1.82, 2.24) is 14.6 Å². The maximum atomic E-state index is 12.9. The summed E-state index contributed by atoms with van der Waals surface area (Å²) in [5.74, 6) is 0.697. The predicted molar refractivity (Wildman–Crippen MR) is 114 cm³/mol. The van der Waals surface area contributed by atoms with Crippen LogP contribution < -0.4 is 20.4 Å². The van der Waals surface area contributed by atoms with E-state index in [2.05, 4.69) is 10.1 Å². The van der Waals surface area contributed by atoms with Crippen molar-refractivity contribution in [2.75, 3.05) is 6.61 Å². The fraction of sp³-hybridized carbons (Fsp3) is 0.182. The lowest BCUT2D eigenvalue weighted by atomic mass is 10.1. The topological polar surface area (TPSA) is 73.6 Å². The van der Waals surface area contributed by atoms with Gasteiger partial charge in [-0.15, -0.1) is 0 Å². The van der Waals surface area contributed by atoms with Crippen molar-refractivity contribution in [3.63, 3.8) is 0 Å². The highest BCUT2D eigenvalue weighted by Crippen LogP contribution is 2.18. The summed E-state index contributed by atoms with van der Waals surface area (Å²) >= 11 is 1.14. The van der Waals surface area contributed by atoms with Crippen LogP contribution >= 0.6 is 11.3 Å². The highest BCUT2D eigenvalue weighted by molar-refractivity contribution is 7.15. The molecule has 0 amide bonds. The standard InChI is InChI=1S/C22H19N3O3S/c1-3-28-18-7-5-4-6-16(18)13-19-21(27)25-22(29-19)23-20(26)17(24-25)12-15-10-8-14(2)9-11-15/h4-11,13H,3,12H2,1-2H3/b19-13+. The Labute approximate surface area is 170 Å². The van der Waals surface area contributed by atoms with Gasteiger partial charge in [0.05, 0.1) is 11.1 Å². The van der Waals surface area contributed by atoms with Crippen molar-refractivity contribution < 1.29 is 4.74 Å². The Morgan fingerprint density at radius 1 is 1.10 bits per heavy atom. The molecule has 0 saturated heterocycles. The van der Waals surface area contributed by atoms with E-state index in [1.807, 2.05) is 62.4 Å². The third-order valence-corrected chi connectivity index (χ3v) is 5.41. The van der Waals surface area contributed by atoms with Crippen LogP contribution in [0.3, 0.4) is 0 Å². The van der Waals surface area contributed by atoms with Gasteiger partial charge in [-0.05, 0) is 31.6 Å². The maximum absolute atomic E-state index is 12.9. The van der Waals surface area contributed by atoms with Crippen LogP contribution in [0.2, 0.25) is 0 Å². The number of benzene rings is 2. The molecular weight excluding hydrogens is 386 g/mol. The quantitative estimate of drug-likeness (QED) is 0.510. The lowest BCUT2D eigenvalue weighted by Crippen LogP contribution is -2.28. The van der Waals surface area contributed by atoms with Crippen LogP contribution in [0, 0.1) is 6.92 Å². The van der Waals surface area contributed by atoms with E-state index in [4.69, 9.17) is 4.74 Å². The molecule has 2 heterocycles. The minimum absolute atomic E-state index is 0.252. The van der Waals surface area contributed by atoms with Crippen molar-refractivity contribution in [1.29, 1.82) is 0 Å². The molecule has 0 saturated carbocycles. The van der Waals surface area contributed by atoms with Gasteiger partial charge >= 0.3 is 0 Å². The highest BCUT2D eigenvalue weighted by Gasteiger charge is 2.12. The maximum Gasteiger partial charge on any atom is 0.296 e. The molecule has 0 aliphatic heterocycles. The summed E-state index contributed by atoms with van der Waals surface area (Å²) in [6, 6.07) is 15.3. The summed E-state index contributed by atoms with van der Waals surface area (Å²) in [5.41, 5.74) is 2.42. The molecule has 0 aliphatic rings. The Kier molecular flexibility index (Phi) is 5.22. The summed E-state index contributed by atoms with van der Waals surface area (Å²) < 4.78 is 7.28. The molecule has 2 aromatic carbocycles. The zero-order valence-corrected chi connectivity index (χ0v) is 16.9. The first-order valence-electron chi connectivity index (χ1n) is 9.27. The second-order valence-corrected chi connectivity index (χ2v) is 7.62. The number of rotatable bonds is 5. The summed E-state index contributed by atoms with van der Waals surface area (Å²) in [4.78, 5) is 29.6. The number of hydrogen-bond donors (Lipinski definition) is 0. The molecule has 146 valence electrons. The zero-order chi connectivity index (χ0) is 20.4. The molecule has 0 aliphatic carbocycles. The van der Waals surface area contributed by atoms with Gasteiger partial charge in [-0.2, -0.15) is 14.6 Å². The van der Waals surface area contributed by atoms with Crippen molar-refractivity contribution in [3.05, 3.63) is 96.2 Å². The van der Waals surface area contributed by atoms with E-state index in [-0.39, 0.29) is 16.2 Å². The second-order valence-electron chi connectivity index (χ2n) is 6.61. The fourth-order valence-corrected chi connectivity index (χ4v) is 3.87. The van der Waals surface area contributed by atoms with Gasteiger partial charge < -0.3 is 4.74 Å². The molecule has 7 heteroatoms. The third kappa shape index (κ3) is 3.95. The van der Waals surface area contributed by atoms with Crippen LogP contribution in [0.5, 0.6) is 5.75 Å². The van der Waals surface area contributed by atoms with E-state index in [1.54, 1.807) is 6.08 Å². The van der Waals surface area contributed by atoms with Gasteiger partial charge in [0.1, 0.15) is 11.4 Å². The molecule has 0 spiro atoms. The number of hydrogen-bond acceptors (Lipinski definition) is 6. The number of thiazole rings is 1. The Balaban J connectivity index is 1.79. The van der Waals surface area contributed by atoms with Crippen molar-refractivity contribution >= 4 is 22.4 Å². The smallest absolute Gasteiger partial charge is 0.296 e. The molecule has 0 N–H and O–H groups in total. The summed E-state index contributed by atoms with van der Waals surface area (Å²) in [5, 5.41) is 4.30. The molecule has 0 fully saturated rings. The van der Waals surface area contributed by atoms with E-state index >= 15 is 0 Å². The average molecular weight is 405 g/mol. The van der Waals surface area contributed by atoms with Gasteiger partial charge in [-0.3, -0.25) is 9.59 Å². The summed E-state index contributed by atoms with van der Waals surface area (Å²) in [6.07, 6.45) is 2.08. The fourth-order valence-electron chi connectivity index (χ4n) is 2.98. The van der Waals surface area contributed by atoms with Crippen LogP contribution in [0.4, 0.5) is 0 Å². The largest absolute Gasteiger partial charge is 0.493 e. The predicted octanol–water partition coefficient (Wildman–Crippen LogP) is 2.36. The van der Waals surface area contributed by atoms with E-state index in [0.29, 0.717) is 23.3 Å². The number of aromatic nitrogens is 3. The van der Waals surface area contributed by atoms with Gasteiger partial charge in [0.25, 0.3) is 11.1 Å². The van der Waals surface area contributed by atoms with Crippen molar-refractivity contribution in [2.24, 2.45) is 0 Å². The van der Waals surface area contributed by atoms with Crippen LogP contribution in [-0.4, -0.2) is 21.2 Å². The Bertz CT molecular complexity index is 1340. The van der Waals surface area contributed by atoms with Crippen molar-refractivity contribution in [3.8, 4) is 5.75 Å². The first kappa shape index (κ1) is 19.0. The zero-order valence-electron chi connectivity index (χ0n) is 16.1. The monoisotopic (exact) mass is 405 g/mol. The molecular formula is C22H19N3O3S. The van der Waals surface area contributed by atoms with E-state index in [1.165, 1.54) is 4.52 Å². The molecule has 6 nitrogen and oxygen atoms in total. The van der Waals surface area contributed by atoms with Gasteiger partial charge in [0.15, 0.2) is 0 Å². The van der Waals surface area contributed by atoms with E-state index in [9.17, 15) is 9.59 Å². The number of aryl methyl sites for hydroxylation is 1. The minimum Gasteiger partial charge on any atom is -0.493 e. The molecule has 29 heavy (non-hydrogen) atoms. The van der Waals surface area contributed by atoms with Crippen LogP contribution in [0.1, 0.15) is 29.3 Å². The average Bonchev–Trinajstić information content (AvgIpc) is 3.00. The summed E-state index contributed by atoms with van der Waals surface area (Å²) in [6.45, 7) is 4.44. The molecule has 0 bridgehead atoms. The third-order valence-electron chi connectivity index (χ3n) is 4.45. The normalized spacial score (nSPS) is 11.9. The first-order chi connectivity index (χ1) is 14.0. The number of fused-ring (bicyclic) bond motifs is 1. The van der Waals surface area contributed by atoms with E-state index < -0.39 is 5.56 Å². The van der Waals surface area contributed by atoms with E-state index in [0.717, 1.165) is 28.0 Å². The number of para-hydroxylation sites is 1. The van der Waals surface area contributed by atoms with Crippen molar-refractivity contribution in [2.45, 2.75) is 20.3 Å². The second kappa shape index (κ2) is 7.97.